The number of carbonyl (C=O) groups excluding carboxylic acids is 2. The molecule has 1 atom stereocenters. The molecule has 2 N–H and O–H groups in total. The van der Waals surface area contributed by atoms with Crippen molar-refractivity contribution in [3.05, 3.63) is 36.4 Å². The Hall–Kier alpha value is -1.83. The van der Waals surface area contributed by atoms with Crippen LogP contribution in [-0.4, -0.2) is 36.4 Å². The Morgan fingerprint density at radius 1 is 1.16 bits per heavy atom. The van der Waals surface area contributed by atoms with Crippen LogP contribution in [-0.2, 0) is 24.0 Å². The quantitative estimate of drug-likeness (QED) is 0.588. The first-order chi connectivity index (χ1) is 11.1. The summed E-state index contributed by atoms with van der Waals surface area (Å²) in [5.41, 5.74) is -2.17. The van der Waals surface area contributed by atoms with Crippen LogP contribution < -0.4 is 0 Å². The fourth-order valence-corrected chi connectivity index (χ4v) is 4.39. The van der Waals surface area contributed by atoms with Gasteiger partial charge in [-0.25, -0.2) is 4.21 Å². The van der Waals surface area contributed by atoms with E-state index < -0.39 is 38.1 Å². The summed E-state index contributed by atoms with van der Waals surface area (Å²) in [5.74, 6) is -2.62. The molecule has 1 unspecified atom stereocenters. The van der Waals surface area contributed by atoms with Gasteiger partial charge in [0.25, 0.3) is 0 Å². The van der Waals surface area contributed by atoms with Gasteiger partial charge in [0, 0.05) is 0 Å². The normalized spacial score (nSPS) is 16.2. The molecule has 0 aliphatic rings. The summed E-state index contributed by atoms with van der Waals surface area (Å²) < 4.78 is 39.1. The SMILES string of the molecule is C=Cc1ccc(S(=O)(O)(O)CC(C)(C(C)=O)C(=O)OC(C)(C)C)cc1. The number of benzene rings is 1. The molecule has 1 rings (SSSR count). The molecule has 0 saturated heterocycles. The van der Waals surface area contributed by atoms with Gasteiger partial charge in [-0.3, -0.25) is 9.59 Å². The van der Waals surface area contributed by atoms with Crippen molar-refractivity contribution in [2.24, 2.45) is 5.41 Å². The summed E-state index contributed by atoms with van der Waals surface area (Å²) in [7, 11) is -5.46. The zero-order chi connectivity index (χ0) is 19.7. The highest BCUT2D eigenvalue weighted by Gasteiger charge is 2.51. The minimum absolute atomic E-state index is 0.279. The van der Waals surface area contributed by atoms with Crippen molar-refractivity contribution < 1.29 is 27.6 Å². The van der Waals surface area contributed by atoms with Gasteiger partial charge in [0.2, 0.25) is 0 Å². The maximum Gasteiger partial charge on any atom is 0.320 e. The van der Waals surface area contributed by atoms with E-state index in [-0.39, 0.29) is 4.90 Å². The number of ketones is 1. The summed E-state index contributed by atoms with van der Waals surface area (Å²) in [4.78, 5) is 24.3. The number of carbonyl (C=O) groups is 2. The Morgan fingerprint density at radius 2 is 1.64 bits per heavy atom. The van der Waals surface area contributed by atoms with E-state index in [1.165, 1.54) is 37.3 Å². The second-order valence-electron chi connectivity index (χ2n) is 7.32. The standard InChI is InChI=1S/C18H26O6S/c1-7-14-8-10-15(11-9-14)25(21,22,23)12-18(6,13(2)19)16(20)24-17(3,4)5/h7-11H,1,12H2,2-6H3,(H2,21,22,23). The van der Waals surface area contributed by atoms with E-state index in [0.717, 1.165) is 6.92 Å². The minimum Gasteiger partial charge on any atom is -0.459 e. The Bertz CT molecular complexity index is 751. The number of Topliss-reactive ketones (excluding diaryl/α,β-unsaturated/α-hetero) is 1. The third-order valence-corrected chi connectivity index (χ3v) is 6.08. The molecule has 0 amide bonds. The fraction of sp³-hybridized carbons (Fsp3) is 0.444. The largest absolute Gasteiger partial charge is 0.459 e. The summed E-state index contributed by atoms with van der Waals surface area (Å²) in [5, 5.41) is 0. The van der Waals surface area contributed by atoms with Crippen LogP contribution in [0.3, 0.4) is 0 Å². The average Bonchev–Trinajstić information content (AvgIpc) is 2.44. The van der Waals surface area contributed by atoms with Crippen LogP contribution in [0.5, 0.6) is 0 Å². The zero-order valence-corrected chi connectivity index (χ0v) is 16.1. The maximum absolute atomic E-state index is 12.9. The molecule has 0 radical (unpaired) electrons. The Morgan fingerprint density at radius 3 is 2.00 bits per heavy atom. The van der Waals surface area contributed by atoms with E-state index in [2.05, 4.69) is 6.58 Å². The lowest BCUT2D eigenvalue weighted by Crippen LogP contribution is -2.51. The van der Waals surface area contributed by atoms with Crippen molar-refractivity contribution in [1.29, 1.82) is 0 Å². The predicted molar refractivity (Wildman–Crippen MR) is 97.7 cm³/mol. The third kappa shape index (κ3) is 5.07. The predicted octanol–water partition coefficient (Wildman–Crippen LogP) is 3.39. The summed E-state index contributed by atoms with van der Waals surface area (Å²) >= 11 is 0. The van der Waals surface area contributed by atoms with Crippen LogP contribution in [0.25, 0.3) is 6.08 Å². The van der Waals surface area contributed by atoms with Gasteiger partial charge in [-0.1, -0.05) is 24.8 Å². The van der Waals surface area contributed by atoms with Crippen molar-refractivity contribution in [2.45, 2.75) is 45.1 Å². The molecule has 0 aromatic heterocycles. The number of esters is 1. The van der Waals surface area contributed by atoms with E-state index in [0.29, 0.717) is 5.56 Å². The third-order valence-electron chi connectivity index (χ3n) is 3.76. The van der Waals surface area contributed by atoms with Crippen molar-refractivity contribution in [3.63, 3.8) is 0 Å². The molecular weight excluding hydrogens is 344 g/mol. The summed E-state index contributed by atoms with van der Waals surface area (Å²) in [6.45, 7) is 10.7. The highest BCUT2D eigenvalue weighted by atomic mass is 32.3. The summed E-state index contributed by atoms with van der Waals surface area (Å²) in [6.07, 6.45) is 1.54. The van der Waals surface area contributed by atoms with E-state index in [9.17, 15) is 22.9 Å². The molecule has 140 valence electrons. The molecule has 0 heterocycles. The Labute approximate surface area is 148 Å². The Balaban J connectivity index is 3.34. The number of hydrogen-bond acceptors (Lipinski definition) is 4. The second-order valence-corrected chi connectivity index (χ2v) is 10.1. The molecule has 0 saturated carbocycles. The number of ether oxygens (including phenoxy) is 1. The summed E-state index contributed by atoms with van der Waals surface area (Å²) in [6, 6.07) is 5.53. The van der Waals surface area contributed by atoms with Crippen molar-refractivity contribution in [2.75, 3.05) is 5.75 Å². The zero-order valence-electron chi connectivity index (χ0n) is 15.2. The first-order valence-corrected chi connectivity index (χ1v) is 9.76. The highest BCUT2D eigenvalue weighted by molar-refractivity contribution is 8.10. The molecule has 1 aromatic carbocycles. The van der Waals surface area contributed by atoms with E-state index in [1.54, 1.807) is 20.8 Å². The van der Waals surface area contributed by atoms with E-state index >= 15 is 0 Å². The molecule has 0 aliphatic carbocycles. The van der Waals surface area contributed by atoms with Gasteiger partial charge in [0.15, 0.2) is 0 Å². The van der Waals surface area contributed by atoms with Gasteiger partial charge < -0.3 is 13.8 Å². The number of rotatable bonds is 6. The average molecular weight is 370 g/mol. The lowest BCUT2D eigenvalue weighted by molar-refractivity contribution is -0.167. The molecule has 0 aliphatic heterocycles. The topological polar surface area (TPSA) is 101 Å². The monoisotopic (exact) mass is 370 g/mol. The van der Waals surface area contributed by atoms with Crippen LogP contribution in [0.2, 0.25) is 0 Å². The van der Waals surface area contributed by atoms with Gasteiger partial charge in [-0.15, -0.1) is 0 Å². The van der Waals surface area contributed by atoms with Crippen molar-refractivity contribution in [3.8, 4) is 0 Å². The second kappa shape index (κ2) is 6.48. The molecular formula is C18H26O6S. The van der Waals surface area contributed by atoms with Crippen LogP contribution >= 0.6 is 0 Å². The number of hydrogen-bond donors (Lipinski definition) is 2. The molecule has 6 nitrogen and oxygen atoms in total. The highest BCUT2D eigenvalue weighted by Crippen LogP contribution is 2.38. The van der Waals surface area contributed by atoms with Crippen molar-refractivity contribution >= 4 is 27.5 Å². The van der Waals surface area contributed by atoms with Gasteiger partial charge in [0.05, 0.1) is 10.6 Å². The lowest BCUT2D eigenvalue weighted by Gasteiger charge is -2.38. The van der Waals surface area contributed by atoms with Crippen LogP contribution in [0, 0.1) is 5.41 Å². The minimum atomic E-state index is -5.46. The molecule has 0 fully saturated rings. The molecule has 1 aromatic rings. The fourth-order valence-electron chi connectivity index (χ4n) is 2.18. The smallest absolute Gasteiger partial charge is 0.320 e. The van der Waals surface area contributed by atoms with Crippen LogP contribution in [0.15, 0.2) is 35.7 Å². The molecule has 25 heavy (non-hydrogen) atoms. The molecule has 0 spiro atoms. The lowest BCUT2D eigenvalue weighted by atomic mass is 9.88. The van der Waals surface area contributed by atoms with Crippen LogP contribution in [0.4, 0.5) is 0 Å². The van der Waals surface area contributed by atoms with Gasteiger partial charge in [-0.05, 0) is 52.3 Å². The Kier molecular flexibility index (Phi) is 5.49. The van der Waals surface area contributed by atoms with E-state index in [1.807, 2.05) is 0 Å². The van der Waals surface area contributed by atoms with E-state index in [4.69, 9.17) is 4.74 Å². The molecule has 7 heteroatoms. The van der Waals surface area contributed by atoms with Gasteiger partial charge in [0.1, 0.15) is 26.4 Å². The maximum atomic E-state index is 12.9. The van der Waals surface area contributed by atoms with Crippen LogP contribution in [0.1, 0.15) is 40.2 Å². The van der Waals surface area contributed by atoms with Gasteiger partial charge in [-0.2, -0.15) is 0 Å². The molecule has 0 bridgehead atoms. The first kappa shape index (κ1) is 21.2. The van der Waals surface area contributed by atoms with Crippen molar-refractivity contribution in [1.82, 2.24) is 0 Å². The first-order valence-electron chi connectivity index (χ1n) is 7.71. The van der Waals surface area contributed by atoms with Gasteiger partial charge >= 0.3 is 5.97 Å².